The Hall–Kier alpha value is -0.690. The van der Waals surface area contributed by atoms with Crippen LogP contribution in [0.5, 0.6) is 5.75 Å². The molecule has 1 saturated heterocycles. The Bertz CT molecular complexity index is 465. The molecule has 0 bridgehead atoms. The lowest BCUT2D eigenvalue weighted by Gasteiger charge is -2.38. The summed E-state index contributed by atoms with van der Waals surface area (Å²) in [5.74, 6) is 0.270. The average molecular weight is 389 g/mol. The van der Waals surface area contributed by atoms with Crippen molar-refractivity contribution >= 4 is 24.8 Å². The Kier molecular flexibility index (Phi) is 10.0. The molecule has 1 aliphatic rings. The molecule has 3 nitrogen and oxygen atoms in total. The van der Waals surface area contributed by atoms with E-state index in [4.69, 9.17) is 0 Å². The smallest absolute Gasteiger partial charge is 0.406 e. The topological polar surface area (TPSA) is 24.5 Å². The van der Waals surface area contributed by atoms with Gasteiger partial charge in [0.1, 0.15) is 5.75 Å². The van der Waals surface area contributed by atoms with E-state index in [0.29, 0.717) is 5.92 Å². The highest BCUT2D eigenvalue weighted by Gasteiger charge is 2.31. The van der Waals surface area contributed by atoms with Gasteiger partial charge in [-0.3, -0.25) is 4.90 Å². The molecule has 24 heavy (non-hydrogen) atoms. The summed E-state index contributed by atoms with van der Waals surface area (Å²) in [6.07, 6.45) is -3.62. The van der Waals surface area contributed by atoms with Crippen LogP contribution in [0, 0.1) is 5.92 Å². The van der Waals surface area contributed by atoms with Gasteiger partial charge < -0.3 is 10.1 Å². The molecule has 1 heterocycles. The minimum atomic E-state index is -4.64. The lowest BCUT2D eigenvalue weighted by molar-refractivity contribution is -0.274. The number of nitrogens with one attached hydrogen (secondary N) is 1. The maximum atomic E-state index is 12.2. The van der Waals surface area contributed by atoms with Crippen molar-refractivity contribution in [2.45, 2.75) is 32.7 Å². The zero-order chi connectivity index (χ0) is 16.2. The van der Waals surface area contributed by atoms with Crippen LogP contribution in [0.15, 0.2) is 24.3 Å². The number of hydrogen-bond acceptors (Lipinski definition) is 3. The average Bonchev–Trinajstić information content (AvgIpc) is 2.48. The summed E-state index contributed by atoms with van der Waals surface area (Å²) in [5.41, 5.74) is 1.05. The maximum Gasteiger partial charge on any atom is 0.573 e. The first-order chi connectivity index (χ1) is 10.4. The number of nitrogens with zero attached hydrogens (tertiary/aromatic N) is 1. The lowest BCUT2D eigenvalue weighted by atomic mass is 9.90. The zero-order valence-corrected chi connectivity index (χ0v) is 15.4. The predicted octanol–water partition coefficient (Wildman–Crippen LogP) is 4.42. The molecule has 2 atom stereocenters. The van der Waals surface area contributed by atoms with Crippen LogP contribution >= 0.6 is 24.8 Å². The van der Waals surface area contributed by atoms with E-state index in [9.17, 15) is 13.2 Å². The number of halogens is 5. The molecule has 140 valence electrons. The molecule has 0 radical (unpaired) electrons. The Morgan fingerprint density at radius 2 is 1.67 bits per heavy atom. The van der Waals surface area contributed by atoms with Gasteiger partial charge in [0.2, 0.25) is 0 Å². The minimum absolute atomic E-state index is 0. The summed E-state index contributed by atoms with van der Waals surface area (Å²) in [6, 6.07) is 6.53. The van der Waals surface area contributed by atoms with E-state index in [1.54, 1.807) is 12.1 Å². The fraction of sp³-hybridized carbons (Fsp3) is 0.625. The summed E-state index contributed by atoms with van der Waals surface area (Å²) < 4.78 is 40.7. The van der Waals surface area contributed by atoms with Gasteiger partial charge in [0.05, 0.1) is 0 Å². The number of piperazine rings is 1. The Balaban J connectivity index is 0.00000264. The van der Waals surface area contributed by atoms with Crippen molar-refractivity contribution in [2.24, 2.45) is 5.92 Å². The normalized spacial score (nSPS) is 18.0. The maximum absolute atomic E-state index is 12.2. The summed E-state index contributed by atoms with van der Waals surface area (Å²) in [6.45, 7) is 8.13. The Morgan fingerprint density at radius 3 is 2.12 bits per heavy atom. The molecule has 0 amide bonds. The second-order valence-corrected chi connectivity index (χ2v) is 5.73. The number of rotatable bonds is 5. The fourth-order valence-electron chi connectivity index (χ4n) is 2.95. The van der Waals surface area contributed by atoms with Crippen LogP contribution in [-0.4, -0.2) is 37.4 Å². The van der Waals surface area contributed by atoms with Crippen LogP contribution in [0.2, 0.25) is 0 Å². The summed E-state index contributed by atoms with van der Waals surface area (Å²) in [5, 5.41) is 3.33. The van der Waals surface area contributed by atoms with E-state index in [2.05, 4.69) is 28.8 Å². The molecule has 0 aliphatic carbocycles. The molecule has 0 saturated carbocycles. The minimum Gasteiger partial charge on any atom is -0.406 e. The third-order valence-electron chi connectivity index (χ3n) is 4.18. The largest absolute Gasteiger partial charge is 0.573 e. The van der Waals surface area contributed by atoms with Gasteiger partial charge in [0, 0.05) is 32.2 Å². The van der Waals surface area contributed by atoms with Crippen molar-refractivity contribution in [2.75, 3.05) is 26.2 Å². The van der Waals surface area contributed by atoms with Gasteiger partial charge in [-0.15, -0.1) is 38.0 Å². The first-order valence-corrected chi connectivity index (χ1v) is 7.71. The molecular formula is C16H25Cl2F3N2O. The summed E-state index contributed by atoms with van der Waals surface area (Å²) in [7, 11) is 0. The molecule has 0 spiro atoms. The van der Waals surface area contributed by atoms with Crippen LogP contribution in [0.25, 0.3) is 0 Å². The van der Waals surface area contributed by atoms with Crippen molar-refractivity contribution in [3.8, 4) is 5.75 Å². The first-order valence-electron chi connectivity index (χ1n) is 7.71. The lowest BCUT2D eigenvalue weighted by Crippen LogP contribution is -2.46. The van der Waals surface area contributed by atoms with Crippen molar-refractivity contribution in [3.05, 3.63) is 29.8 Å². The van der Waals surface area contributed by atoms with E-state index >= 15 is 0 Å². The molecule has 8 heteroatoms. The van der Waals surface area contributed by atoms with Gasteiger partial charge >= 0.3 is 6.36 Å². The quantitative estimate of drug-likeness (QED) is 0.807. The van der Waals surface area contributed by atoms with Gasteiger partial charge in [0.15, 0.2) is 0 Å². The third kappa shape index (κ3) is 6.67. The molecule has 0 aromatic heterocycles. The van der Waals surface area contributed by atoms with E-state index in [-0.39, 0.29) is 36.6 Å². The fourth-order valence-corrected chi connectivity index (χ4v) is 2.95. The molecule has 1 N–H and O–H groups in total. The van der Waals surface area contributed by atoms with E-state index < -0.39 is 6.36 Å². The summed E-state index contributed by atoms with van der Waals surface area (Å²) >= 11 is 0. The Labute approximate surface area is 153 Å². The van der Waals surface area contributed by atoms with Crippen LogP contribution in [0.4, 0.5) is 13.2 Å². The highest BCUT2D eigenvalue weighted by Crippen LogP contribution is 2.32. The number of alkyl halides is 3. The van der Waals surface area contributed by atoms with Gasteiger partial charge in [0.25, 0.3) is 0 Å². The SMILES string of the molecule is CCC(C)[C@H](c1ccc(OC(F)(F)F)cc1)N1CCNCC1.Cl.Cl. The molecular weight excluding hydrogens is 364 g/mol. The monoisotopic (exact) mass is 388 g/mol. The van der Waals surface area contributed by atoms with E-state index in [1.165, 1.54) is 12.1 Å². The van der Waals surface area contributed by atoms with Crippen LogP contribution < -0.4 is 10.1 Å². The summed E-state index contributed by atoms with van der Waals surface area (Å²) in [4.78, 5) is 2.41. The number of hydrogen-bond donors (Lipinski definition) is 1. The second kappa shape index (κ2) is 10.3. The van der Waals surface area contributed by atoms with Crippen molar-refractivity contribution in [3.63, 3.8) is 0 Å². The van der Waals surface area contributed by atoms with Crippen molar-refractivity contribution < 1.29 is 17.9 Å². The molecule has 2 rings (SSSR count). The highest BCUT2D eigenvalue weighted by molar-refractivity contribution is 5.85. The molecule has 1 unspecified atom stereocenters. The standard InChI is InChI=1S/C16H23F3N2O.2ClH/c1-3-12(2)15(21-10-8-20-9-11-21)13-4-6-14(7-5-13)22-16(17,18)19;;/h4-7,12,15,20H,3,8-11H2,1-2H3;2*1H/t12?,15-;;/m1../s1. The molecule has 1 aromatic rings. The van der Waals surface area contributed by atoms with Crippen molar-refractivity contribution in [1.82, 2.24) is 10.2 Å². The van der Waals surface area contributed by atoms with Crippen LogP contribution in [-0.2, 0) is 0 Å². The zero-order valence-electron chi connectivity index (χ0n) is 13.8. The van der Waals surface area contributed by atoms with E-state index in [0.717, 1.165) is 38.2 Å². The van der Waals surface area contributed by atoms with Gasteiger partial charge in [-0.05, 0) is 23.6 Å². The van der Waals surface area contributed by atoms with Gasteiger partial charge in [-0.2, -0.15) is 0 Å². The first kappa shape index (κ1) is 23.3. The molecule has 1 aliphatic heterocycles. The van der Waals surface area contributed by atoms with Crippen molar-refractivity contribution in [1.29, 1.82) is 0 Å². The van der Waals surface area contributed by atoms with Crippen LogP contribution in [0.3, 0.4) is 0 Å². The second-order valence-electron chi connectivity index (χ2n) is 5.73. The van der Waals surface area contributed by atoms with Gasteiger partial charge in [-0.1, -0.05) is 32.4 Å². The van der Waals surface area contributed by atoms with Crippen LogP contribution in [0.1, 0.15) is 31.9 Å². The molecule has 1 aromatic carbocycles. The predicted molar refractivity (Wildman–Crippen MR) is 94.3 cm³/mol. The number of ether oxygens (including phenoxy) is 1. The highest BCUT2D eigenvalue weighted by atomic mass is 35.5. The van der Waals surface area contributed by atoms with Gasteiger partial charge in [-0.25, -0.2) is 0 Å². The number of benzene rings is 1. The molecule has 1 fully saturated rings. The Morgan fingerprint density at radius 1 is 1.12 bits per heavy atom. The van der Waals surface area contributed by atoms with E-state index in [1.807, 2.05) is 0 Å². The third-order valence-corrected chi connectivity index (χ3v) is 4.18.